The number of aryl methyl sites for hydroxylation is 1. The van der Waals surface area contributed by atoms with Gasteiger partial charge in [0.1, 0.15) is 0 Å². The lowest BCUT2D eigenvalue weighted by Crippen LogP contribution is -2.46. The molecular formula is C18H26N2O3. The van der Waals surface area contributed by atoms with Crippen LogP contribution in [0.3, 0.4) is 0 Å². The molecule has 2 amide bonds. The Morgan fingerprint density at radius 3 is 2.91 bits per heavy atom. The molecule has 1 aromatic carbocycles. The van der Waals surface area contributed by atoms with E-state index in [-0.39, 0.29) is 24.0 Å². The number of urea groups is 1. The van der Waals surface area contributed by atoms with Crippen molar-refractivity contribution in [3.8, 4) is 0 Å². The summed E-state index contributed by atoms with van der Waals surface area (Å²) in [5.41, 5.74) is 2.67. The molecule has 126 valence electrons. The zero-order valence-corrected chi connectivity index (χ0v) is 13.7. The first-order chi connectivity index (χ1) is 11.0. The second-order valence-corrected chi connectivity index (χ2v) is 7.15. The summed E-state index contributed by atoms with van der Waals surface area (Å²) in [4.78, 5) is 14.0. The van der Waals surface area contributed by atoms with E-state index >= 15 is 0 Å². The minimum Gasteiger partial charge on any atom is -0.396 e. The van der Waals surface area contributed by atoms with Gasteiger partial charge in [0.25, 0.3) is 0 Å². The van der Waals surface area contributed by atoms with Crippen molar-refractivity contribution < 1.29 is 15.0 Å². The maximum atomic E-state index is 12.4. The number of hydrogen-bond acceptors (Lipinski definition) is 3. The van der Waals surface area contributed by atoms with Crippen LogP contribution in [-0.4, -0.2) is 53.5 Å². The van der Waals surface area contributed by atoms with Crippen molar-refractivity contribution in [2.75, 3.05) is 26.2 Å². The van der Waals surface area contributed by atoms with E-state index in [0.717, 1.165) is 19.3 Å². The molecule has 3 N–H and O–H groups in total. The summed E-state index contributed by atoms with van der Waals surface area (Å²) >= 11 is 0. The summed E-state index contributed by atoms with van der Waals surface area (Å²) in [6.45, 7) is 3.43. The Morgan fingerprint density at radius 2 is 2.17 bits per heavy atom. The van der Waals surface area contributed by atoms with Gasteiger partial charge in [0.15, 0.2) is 0 Å². The highest BCUT2D eigenvalue weighted by Gasteiger charge is 2.36. The molecule has 0 radical (unpaired) electrons. The van der Waals surface area contributed by atoms with Gasteiger partial charge < -0.3 is 20.4 Å². The number of likely N-dealkylation sites (tertiary alicyclic amines) is 1. The third kappa shape index (κ3) is 3.21. The Balaban J connectivity index is 1.64. The molecule has 0 aromatic heterocycles. The fourth-order valence-corrected chi connectivity index (χ4v) is 3.90. The number of carbonyl (C=O) groups excluding carboxylic acids is 1. The third-order valence-corrected chi connectivity index (χ3v) is 5.40. The van der Waals surface area contributed by atoms with Crippen LogP contribution in [0.1, 0.15) is 30.9 Å². The fourth-order valence-electron chi connectivity index (χ4n) is 3.90. The van der Waals surface area contributed by atoms with E-state index < -0.39 is 6.10 Å². The second-order valence-electron chi connectivity index (χ2n) is 7.15. The molecule has 0 bridgehead atoms. The number of benzene rings is 1. The summed E-state index contributed by atoms with van der Waals surface area (Å²) in [5.74, 6) is -0.230. The Hall–Kier alpha value is -1.59. The molecule has 1 heterocycles. The van der Waals surface area contributed by atoms with Crippen LogP contribution in [0.5, 0.6) is 0 Å². The SMILES string of the molecule is CC1(CNC(=O)N2CC(O)C(CO)C2)CCCc2ccccc21. The Bertz CT molecular complexity index is 577. The quantitative estimate of drug-likeness (QED) is 0.786. The van der Waals surface area contributed by atoms with Crippen LogP contribution >= 0.6 is 0 Å². The number of rotatable bonds is 3. The highest BCUT2D eigenvalue weighted by Crippen LogP contribution is 2.36. The van der Waals surface area contributed by atoms with E-state index in [0.29, 0.717) is 19.6 Å². The lowest BCUT2D eigenvalue weighted by molar-refractivity contribution is 0.103. The average molecular weight is 318 g/mol. The van der Waals surface area contributed by atoms with Crippen LogP contribution in [0.15, 0.2) is 24.3 Å². The third-order valence-electron chi connectivity index (χ3n) is 5.40. The van der Waals surface area contributed by atoms with Gasteiger partial charge in [-0.05, 0) is 30.4 Å². The summed E-state index contributed by atoms with van der Waals surface area (Å²) in [5, 5.41) is 22.1. The van der Waals surface area contributed by atoms with E-state index in [1.165, 1.54) is 11.1 Å². The lowest BCUT2D eigenvalue weighted by Gasteiger charge is -2.36. The summed E-state index contributed by atoms with van der Waals surface area (Å²) in [7, 11) is 0. The number of β-amino-alcohol motifs (C(OH)–C–C–N with tert-alkyl or cyclic N) is 1. The van der Waals surface area contributed by atoms with Gasteiger partial charge in [-0.2, -0.15) is 0 Å². The van der Waals surface area contributed by atoms with Crippen LogP contribution in [0, 0.1) is 5.92 Å². The number of fused-ring (bicyclic) bond motifs is 1. The van der Waals surface area contributed by atoms with Crippen molar-refractivity contribution in [2.45, 2.75) is 37.7 Å². The molecule has 5 nitrogen and oxygen atoms in total. The predicted molar refractivity (Wildman–Crippen MR) is 88.3 cm³/mol. The topological polar surface area (TPSA) is 72.8 Å². The smallest absolute Gasteiger partial charge is 0.317 e. The number of hydrogen-bond donors (Lipinski definition) is 3. The number of aliphatic hydroxyl groups is 2. The maximum Gasteiger partial charge on any atom is 0.317 e. The Kier molecular flexibility index (Phi) is 4.60. The number of aliphatic hydroxyl groups excluding tert-OH is 2. The highest BCUT2D eigenvalue weighted by atomic mass is 16.3. The van der Waals surface area contributed by atoms with Gasteiger partial charge in [0.05, 0.1) is 12.7 Å². The van der Waals surface area contributed by atoms with Crippen molar-refractivity contribution in [1.82, 2.24) is 10.2 Å². The molecule has 1 aliphatic heterocycles. The summed E-state index contributed by atoms with van der Waals surface area (Å²) in [6, 6.07) is 8.33. The van der Waals surface area contributed by atoms with E-state index in [1.807, 2.05) is 0 Å². The molecule has 3 unspecified atom stereocenters. The van der Waals surface area contributed by atoms with Gasteiger partial charge >= 0.3 is 6.03 Å². The van der Waals surface area contributed by atoms with Crippen LogP contribution < -0.4 is 5.32 Å². The monoisotopic (exact) mass is 318 g/mol. The highest BCUT2D eigenvalue weighted by molar-refractivity contribution is 5.74. The first kappa shape index (κ1) is 16.3. The molecule has 5 heteroatoms. The van der Waals surface area contributed by atoms with Crippen molar-refractivity contribution in [1.29, 1.82) is 0 Å². The largest absolute Gasteiger partial charge is 0.396 e. The molecule has 1 saturated heterocycles. The molecule has 1 aliphatic carbocycles. The number of amides is 2. The summed E-state index contributed by atoms with van der Waals surface area (Å²) < 4.78 is 0. The van der Waals surface area contributed by atoms with Gasteiger partial charge in [-0.15, -0.1) is 0 Å². The Labute approximate surface area is 137 Å². The van der Waals surface area contributed by atoms with E-state index in [4.69, 9.17) is 0 Å². The molecule has 3 rings (SSSR count). The van der Waals surface area contributed by atoms with Gasteiger partial charge in [-0.25, -0.2) is 4.79 Å². The second kappa shape index (κ2) is 6.49. The summed E-state index contributed by atoms with van der Waals surface area (Å²) in [6.07, 6.45) is 2.68. The average Bonchev–Trinajstić information content (AvgIpc) is 2.94. The van der Waals surface area contributed by atoms with E-state index in [9.17, 15) is 15.0 Å². The van der Waals surface area contributed by atoms with Gasteiger partial charge in [0, 0.05) is 31.0 Å². The molecule has 1 aromatic rings. The van der Waals surface area contributed by atoms with Gasteiger partial charge in [-0.1, -0.05) is 31.2 Å². The van der Waals surface area contributed by atoms with Crippen LogP contribution in [0.2, 0.25) is 0 Å². The van der Waals surface area contributed by atoms with Crippen molar-refractivity contribution in [3.63, 3.8) is 0 Å². The number of nitrogens with one attached hydrogen (secondary N) is 1. The lowest BCUT2D eigenvalue weighted by atomic mass is 9.71. The normalized spacial score (nSPS) is 30.1. The maximum absolute atomic E-state index is 12.4. The predicted octanol–water partition coefficient (Wildman–Crippen LogP) is 1.28. The first-order valence-corrected chi connectivity index (χ1v) is 8.43. The first-order valence-electron chi connectivity index (χ1n) is 8.43. The van der Waals surface area contributed by atoms with Crippen LogP contribution in [-0.2, 0) is 11.8 Å². The van der Waals surface area contributed by atoms with Crippen molar-refractivity contribution >= 4 is 6.03 Å². The molecule has 3 atom stereocenters. The number of nitrogens with zero attached hydrogens (tertiary/aromatic N) is 1. The number of carbonyl (C=O) groups is 1. The van der Waals surface area contributed by atoms with Gasteiger partial charge in [-0.3, -0.25) is 0 Å². The molecule has 0 saturated carbocycles. The minimum absolute atomic E-state index is 0.0424. The van der Waals surface area contributed by atoms with Crippen molar-refractivity contribution in [3.05, 3.63) is 35.4 Å². The zero-order chi connectivity index (χ0) is 16.4. The van der Waals surface area contributed by atoms with Crippen LogP contribution in [0.4, 0.5) is 4.79 Å². The molecule has 1 fully saturated rings. The Morgan fingerprint density at radius 1 is 1.39 bits per heavy atom. The zero-order valence-electron chi connectivity index (χ0n) is 13.7. The van der Waals surface area contributed by atoms with E-state index in [1.54, 1.807) is 4.90 Å². The van der Waals surface area contributed by atoms with Crippen molar-refractivity contribution in [2.24, 2.45) is 5.92 Å². The standard InChI is InChI=1S/C18H26N2O3/c1-18(8-4-6-13-5-2-3-7-15(13)18)12-19-17(23)20-9-14(11-21)16(22)10-20/h2-3,5,7,14,16,21-22H,4,6,8-12H2,1H3,(H,19,23). The molecule has 23 heavy (non-hydrogen) atoms. The van der Waals surface area contributed by atoms with Gasteiger partial charge in [0.2, 0.25) is 0 Å². The molecule has 2 aliphatic rings. The van der Waals surface area contributed by atoms with Crippen LogP contribution in [0.25, 0.3) is 0 Å². The van der Waals surface area contributed by atoms with E-state index in [2.05, 4.69) is 36.5 Å². The molecule has 0 spiro atoms. The molecular weight excluding hydrogens is 292 g/mol. The minimum atomic E-state index is -0.628. The fraction of sp³-hybridized carbons (Fsp3) is 0.611.